The van der Waals surface area contributed by atoms with Crippen molar-refractivity contribution in [2.24, 2.45) is 5.73 Å². The van der Waals surface area contributed by atoms with E-state index in [-0.39, 0.29) is 33.4 Å². The Morgan fingerprint density at radius 1 is 1.12 bits per heavy atom. The molecule has 6 aromatic rings. The molecule has 41 heavy (non-hydrogen) atoms. The summed E-state index contributed by atoms with van der Waals surface area (Å²) in [6.07, 6.45) is 7.55. The number of fused-ring (bicyclic) bond motifs is 2. The fraction of sp³-hybridized carbons (Fsp3) is 0.172. The van der Waals surface area contributed by atoms with E-state index in [4.69, 9.17) is 5.73 Å². The van der Waals surface area contributed by atoms with E-state index in [2.05, 4.69) is 25.1 Å². The Kier molecular flexibility index (Phi) is 6.00. The third kappa shape index (κ3) is 4.34. The molecule has 0 unspecified atom stereocenters. The third-order valence-corrected chi connectivity index (χ3v) is 6.97. The normalized spacial score (nSPS) is 11.9. The van der Waals surface area contributed by atoms with Gasteiger partial charge in [-0.1, -0.05) is 20.8 Å². The minimum absolute atomic E-state index is 0.00992. The summed E-state index contributed by atoms with van der Waals surface area (Å²) < 4.78 is 17.6. The van der Waals surface area contributed by atoms with E-state index in [0.717, 1.165) is 15.6 Å². The second kappa shape index (κ2) is 9.45. The number of rotatable bonds is 5. The highest BCUT2D eigenvalue weighted by Crippen LogP contribution is 2.29. The maximum absolute atomic E-state index is 15.2. The van der Waals surface area contributed by atoms with Crippen molar-refractivity contribution in [3.8, 4) is 22.8 Å². The minimum atomic E-state index is -0.732. The molecule has 5 heterocycles. The lowest BCUT2D eigenvalue weighted by molar-refractivity contribution is 0.100. The van der Waals surface area contributed by atoms with Gasteiger partial charge in [-0.15, -0.1) is 0 Å². The van der Waals surface area contributed by atoms with Crippen LogP contribution in [0.1, 0.15) is 42.3 Å². The van der Waals surface area contributed by atoms with Gasteiger partial charge in [-0.3, -0.25) is 9.59 Å². The predicted octanol–water partition coefficient (Wildman–Crippen LogP) is 3.54. The highest BCUT2D eigenvalue weighted by atomic mass is 19.1. The van der Waals surface area contributed by atoms with E-state index in [1.165, 1.54) is 29.3 Å². The molecule has 11 nitrogen and oxygen atoms in total. The Labute approximate surface area is 232 Å². The molecule has 5 aromatic heterocycles. The number of halogens is 1. The van der Waals surface area contributed by atoms with Gasteiger partial charge in [-0.2, -0.15) is 14.9 Å². The van der Waals surface area contributed by atoms with Gasteiger partial charge in [0, 0.05) is 46.7 Å². The second-order valence-electron chi connectivity index (χ2n) is 10.7. The summed E-state index contributed by atoms with van der Waals surface area (Å²) in [6.45, 7) is 5.29. The van der Waals surface area contributed by atoms with Crippen LogP contribution in [0.4, 0.5) is 4.39 Å². The molecule has 1 amide bonds. The molecule has 0 fully saturated rings. The van der Waals surface area contributed by atoms with Crippen LogP contribution in [-0.2, 0) is 12.0 Å². The lowest BCUT2D eigenvalue weighted by Gasteiger charge is -2.20. The summed E-state index contributed by atoms with van der Waals surface area (Å²) in [7, 11) is 0. The van der Waals surface area contributed by atoms with Crippen molar-refractivity contribution < 1.29 is 14.3 Å². The van der Waals surface area contributed by atoms with Crippen molar-refractivity contribution in [2.75, 3.05) is 0 Å². The minimum Gasteiger partial charge on any atom is -0.391 e. The van der Waals surface area contributed by atoms with Crippen molar-refractivity contribution in [3.63, 3.8) is 0 Å². The van der Waals surface area contributed by atoms with Crippen molar-refractivity contribution in [1.82, 2.24) is 34.5 Å². The second-order valence-corrected chi connectivity index (χ2v) is 10.7. The number of aromatic amines is 1. The lowest BCUT2D eigenvalue weighted by Crippen LogP contribution is -2.25. The number of hydrogen-bond acceptors (Lipinski definition) is 7. The average Bonchev–Trinajstić information content (AvgIpc) is 3.59. The lowest BCUT2D eigenvalue weighted by atomic mass is 9.86. The molecule has 6 rings (SSSR count). The molecule has 12 heteroatoms. The zero-order valence-corrected chi connectivity index (χ0v) is 22.4. The zero-order valence-electron chi connectivity index (χ0n) is 22.4. The van der Waals surface area contributed by atoms with Gasteiger partial charge in [-0.05, 0) is 41.3 Å². The van der Waals surface area contributed by atoms with E-state index >= 15 is 4.39 Å². The van der Waals surface area contributed by atoms with E-state index in [1.54, 1.807) is 24.5 Å². The van der Waals surface area contributed by atoms with E-state index < -0.39 is 23.9 Å². The number of hydrogen-bond donors (Lipinski definition) is 3. The topological polar surface area (TPSA) is 158 Å². The number of aliphatic hydroxyl groups excluding tert-OH is 1. The van der Waals surface area contributed by atoms with Gasteiger partial charge in [0.1, 0.15) is 17.2 Å². The fourth-order valence-corrected chi connectivity index (χ4v) is 4.80. The number of H-pyrrole nitrogens is 1. The number of primary amides is 1. The average molecular weight is 553 g/mol. The maximum Gasteiger partial charge on any atom is 0.283 e. The molecule has 0 radical (unpaired) electrons. The van der Waals surface area contributed by atoms with Crippen molar-refractivity contribution in [2.45, 2.75) is 32.8 Å². The number of benzene rings is 1. The zero-order chi connectivity index (χ0) is 29.1. The fourth-order valence-electron chi connectivity index (χ4n) is 4.80. The highest BCUT2D eigenvalue weighted by molar-refractivity contribution is 5.99. The van der Waals surface area contributed by atoms with Crippen LogP contribution in [0.25, 0.3) is 44.6 Å². The molecule has 0 bridgehead atoms. The van der Waals surface area contributed by atoms with Crippen LogP contribution in [0, 0.1) is 5.82 Å². The first-order chi connectivity index (χ1) is 19.6. The standard InChI is InChI=1S/C29H25FN8O3/c1-29(2,3)18-9-16-12-35-38(28(41)23(16)21(30)10-18)27-20(14-39)22(5-7-33-27)37-13-19(25(31)40)24(36-37)17-8-15-4-6-32-26(15)34-11-17/h4-13,39H,14H2,1-3H3,(H2,31,40)(H,32,34). The van der Waals surface area contributed by atoms with E-state index in [0.29, 0.717) is 22.3 Å². The van der Waals surface area contributed by atoms with Gasteiger partial charge in [0.15, 0.2) is 5.82 Å². The number of nitrogens with two attached hydrogens (primary N) is 1. The number of nitrogens with zero attached hydrogens (tertiary/aromatic N) is 6. The molecule has 206 valence electrons. The molecule has 0 saturated heterocycles. The Balaban J connectivity index is 1.51. The Morgan fingerprint density at radius 2 is 1.93 bits per heavy atom. The largest absolute Gasteiger partial charge is 0.391 e. The summed E-state index contributed by atoms with van der Waals surface area (Å²) in [6, 6.07) is 8.31. The van der Waals surface area contributed by atoms with E-state index in [1.807, 2.05) is 32.9 Å². The van der Waals surface area contributed by atoms with Crippen LogP contribution in [0.15, 0.2) is 66.1 Å². The Hall–Kier alpha value is -5.23. The van der Waals surface area contributed by atoms with Gasteiger partial charge in [0.2, 0.25) is 0 Å². The first-order valence-corrected chi connectivity index (χ1v) is 12.7. The smallest absolute Gasteiger partial charge is 0.283 e. The summed E-state index contributed by atoms with van der Waals surface area (Å²) in [5.74, 6) is -1.40. The molecule has 0 aliphatic heterocycles. The van der Waals surface area contributed by atoms with Crippen molar-refractivity contribution >= 4 is 27.7 Å². The summed E-state index contributed by atoms with van der Waals surface area (Å²) in [5, 5.41) is 20.3. The van der Waals surface area contributed by atoms with E-state index in [9.17, 15) is 14.7 Å². The molecule has 0 aliphatic rings. The molecule has 0 saturated carbocycles. The number of carbonyl (C=O) groups excluding carboxylic acids is 1. The number of pyridine rings is 2. The molecular weight excluding hydrogens is 527 g/mol. The van der Waals surface area contributed by atoms with Gasteiger partial charge in [-0.25, -0.2) is 19.0 Å². The van der Waals surface area contributed by atoms with Crippen LogP contribution >= 0.6 is 0 Å². The van der Waals surface area contributed by atoms with Crippen LogP contribution in [0.3, 0.4) is 0 Å². The van der Waals surface area contributed by atoms with Crippen LogP contribution in [0.5, 0.6) is 0 Å². The SMILES string of the molecule is CC(C)(C)c1cc(F)c2c(=O)n(-c3nccc(-n4cc(C(N)=O)c(-c5cnc6[nH]ccc6c5)n4)c3CO)ncc2c1. The summed E-state index contributed by atoms with van der Waals surface area (Å²) in [4.78, 5) is 37.5. The Morgan fingerprint density at radius 3 is 2.66 bits per heavy atom. The molecule has 1 aromatic carbocycles. The number of nitrogens with one attached hydrogen (secondary N) is 1. The number of carbonyl (C=O) groups is 1. The Bertz CT molecular complexity index is 2050. The van der Waals surface area contributed by atoms with Gasteiger partial charge in [0.05, 0.1) is 29.4 Å². The van der Waals surface area contributed by atoms with Gasteiger partial charge < -0.3 is 15.8 Å². The number of aromatic nitrogens is 7. The van der Waals surface area contributed by atoms with Gasteiger partial charge in [0.25, 0.3) is 11.5 Å². The van der Waals surface area contributed by atoms with Crippen molar-refractivity contribution in [1.29, 1.82) is 0 Å². The monoisotopic (exact) mass is 552 g/mol. The van der Waals surface area contributed by atoms with Crippen molar-refractivity contribution in [3.05, 3.63) is 94.2 Å². The van der Waals surface area contributed by atoms with Crippen LogP contribution < -0.4 is 11.3 Å². The third-order valence-electron chi connectivity index (χ3n) is 6.97. The molecular formula is C29H25FN8O3. The number of amides is 1. The van der Waals surface area contributed by atoms with Crippen LogP contribution in [-0.4, -0.2) is 45.5 Å². The maximum atomic E-state index is 15.2. The summed E-state index contributed by atoms with van der Waals surface area (Å²) in [5.41, 5.74) is 7.48. The first-order valence-electron chi connectivity index (χ1n) is 12.7. The predicted molar refractivity (Wildman–Crippen MR) is 150 cm³/mol. The quantitative estimate of drug-likeness (QED) is 0.295. The first kappa shape index (κ1) is 26.0. The molecule has 0 aliphatic carbocycles. The molecule has 4 N–H and O–H groups in total. The molecule has 0 spiro atoms. The highest BCUT2D eigenvalue weighted by Gasteiger charge is 2.23. The van der Waals surface area contributed by atoms with Crippen LogP contribution in [0.2, 0.25) is 0 Å². The van der Waals surface area contributed by atoms with Gasteiger partial charge >= 0.3 is 0 Å². The molecule has 0 atom stereocenters. The number of aliphatic hydroxyl groups is 1. The summed E-state index contributed by atoms with van der Waals surface area (Å²) >= 11 is 0.